The van der Waals surface area contributed by atoms with Crippen LogP contribution < -0.4 is 5.32 Å². The van der Waals surface area contributed by atoms with E-state index in [1.54, 1.807) is 24.3 Å². The van der Waals surface area contributed by atoms with E-state index in [1.165, 1.54) is 6.92 Å². The Balaban J connectivity index is 2.06. The minimum absolute atomic E-state index is 0.199. The summed E-state index contributed by atoms with van der Waals surface area (Å²) in [6.45, 7) is 1.60. The molecule has 0 aromatic heterocycles. The minimum Gasteiger partial charge on any atom is -0.457 e. The monoisotopic (exact) mass is 395 g/mol. The average molecular weight is 395 g/mol. The van der Waals surface area contributed by atoms with Gasteiger partial charge in [-0.05, 0) is 52.4 Å². The first-order valence-electron chi connectivity index (χ1n) is 6.34. The van der Waals surface area contributed by atoms with Gasteiger partial charge in [-0.3, -0.25) is 4.79 Å². The van der Waals surface area contributed by atoms with Gasteiger partial charge in [0.1, 0.15) is 6.61 Å². The molecule has 0 saturated heterocycles. The molecule has 0 aliphatic rings. The van der Waals surface area contributed by atoms with Gasteiger partial charge in [-0.1, -0.05) is 24.3 Å². The zero-order valence-corrected chi connectivity index (χ0v) is 13.6. The van der Waals surface area contributed by atoms with Crippen LogP contribution >= 0.6 is 22.6 Å². The second-order valence-corrected chi connectivity index (χ2v) is 5.68. The standard InChI is InChI=1S/C16H14INO3/c1-11(19)18-15-5-3-2-4-14(15)16(20)21-10-12-6-8-13(17)9-7-12/h2-9H,10H2,1H3,(H,18,19). The van der Waals surface area contributed by atoms with E-state index in [0.29, 0.717) is 11.3 Å². The van der Waals surface area contributed by atoms with Gasteiger partial charge in [0.2, 0.25) is 5.91 Å². The molecule has 5 heteroatoms. The number of nitrogens with one attached hydrogen (secondary N) is 1. The Labute approximate surface area is 136 Å². The number of carbonyl (C=O) groups excluding carboxylic acids is 2. The Hall–Kier alpha value is -1.89. The van der Waals surface area contributed by atoms with Crippen LogP contribution in [-0.2, 0) is 16.1 Å². The lowest BCUT2D eigenvalue weighted by Gasteiger charge is -2.10. The van der Waals surface area contributed by atoms with Gasteiger partial charge in [0, 0.05) is 10.5 Å². The number of para-hydroxylation sites is 1. The number of anilines is 1. The molecule has 0 heterocycles. The molecule has 108 valence electrons. The van der Waals surface area contributed by atoms with Crippen molar-refractivity contribution in [3.05, 3.63) is 63.2 Å². The minimum atomic E-state index is -0.460. The molecule has 21 heavy (non-hydrogen) atoms. The highest BCUT2D eigenvalue weighted by Crippen LogP contribution is 2.17. The fraction of sp³-hybridized carbons (Fsp3) is 0.125. The van der Waals surface area contributed by atoms with Crippen LogP contribution in [0.3, 0.4) is 0 Å². The second kappa shape index (κ2) is 7.21. The first-order valence-corrected chi connectivity index (χ1v) is 7.42. The first-order chi connectivity index (χ1) is 10.1. The number of carbonyl (C=O) groups is 2. The summed E-state index contributed by atoms with van der Waals surface area (Å²) >= 11 is 2.22. The lowest BCUT2D eigenvalue weighted by molar-refractivity contribution is -0.114. The van der Waals surface area contributed by atoms with Crippen molar-refractivity contribution in [3.63, 3.8) is 0 Å². The van der Waals surface area contributed by atoms with Crippen molar-refractivity contribution in [1.82, 2.24) is 0 Å². The fourth-order valence-corrected chi connectivity index (χ4v) is 2.13. The SMILES string of the molecule is CC(=O)Nc1ccccc1C(=O)OCc1ccc(I)cc1. The van der Waals surface area contributed by atoms with E-state index >= 15 is 0 Å². The highest BCUT2D eigenvalue weighted by molar-refractivity contribution is 14.1. The Morgan fingerprint density at radius 2 is 1.76 bits per heavy atom. The number of hydrogen-bond acceptors (Lipinski definition) is 3. The number of ether oxygens (including phenoxy) is 1. The normalized spacial score (nSPS) is 10.0. The Morgan fingerprint density at radius 1 is 1.10 bits per heavy atom. The average Bonchev–Trinajstić information content (AvgIpc) is 2.46. The first kappa shape index (κ1) is 15.5. The van der Waals surface area contributed by atoms with Gasteiger partial charge in [0.05, 0.1) is 11.3 Å². The van der Waals surface area contributed by atoms with Crippen molar-refractivity contribution in [2.45, 2.75) is 13.5 Å². The Kier molecular flexibility index (Phi) is 5.32. The van der Waals surface area contributed by atoms with Gasteiger partial charge in [-0.25, -0.2) is 4.79 Å². The van der Waals surface area contributed by atoms with E-state index in [9.17, 15) is 9.59 Å². The summed E-state index contributed by atoms with van der Waals surface area (Å²) in [4.78, 5) is 23.2. The maximum Gasteiger partial charge on any atom is 0.340 e. The molecule has 0 aliphatic carbocycles. The van der Waals surface area contributed by atoms with E-state index < -0.39 is 5.97 Å². The van der Waals surface area contributed by atoms with Crippen LogP contribution in [0.25, 0.3) is 0 Å². The van der Waals surface area contributed by atoms with E-state index in [2.05, 4.69) is 27.9 Å². The summed E-state index contributed by atoms with van der Waals surface area (Å²) in [5.74, 6) is -0.689. The number of benzene rings is 2. The molecule has 0 saturated carbocycles. The molecule has 2 aromatic rings. The predicted octanol–water partition coefficient (Wildman–Crippen LogP) is 3.61. The van der Waals surface area contributed by atoms with Crippen LogP contribution in [0.2, 0.25) is 0 Å². The summed E-state index contributed by atoms with van der Waals surface area (Å²) in [6.07, 6.45) is 0. The van der Waals surface area contributed by atoms with Gasteiger partial charge in [-0.2, -0.15) is 0 Å². The fourth-order valence-electron chi connectivity index (χ4n) is 1.77. The van der Waals surface area contributed by atoms with Crippen LogP contribution in [0, 0.1) is 3.57 Å². The molecule has 0 bridgehead atoms. The predicted molar refractivity (Wildman–Crippen MR) is 89.0 cm³/mol. The number of rotatable bonds is 4. The molecule has 0 spiro atoms. The third kappa shape index (κ3) is 4.56. The molecule has 2 rings (SSSR count). The zero-order valence-electron chi connectivity index (χ0n) is 11.4. The van der Waals surface area contributed by atoms with Crippen molar-refractivity contribution in [3.8, 4) is 0 Å². The molecule has 0 unspecified atom stereocenters. The molecule has 1 N–H and O–H groups in total. The van der Waals surface area contributed by atoms with E-state index in [1.807, 2.05) is 24.3 Å². The van der Waals surface area contributed by atoms with Gasteiger partial charge < -0.3 is 10.1 Å². The van der Waals surface area contributed by atoms with Crippen molar-refractivity contribution >= 4 is 40.2 Å². The smallest absolute Gasteiger partial charge is 0.340 e. The summed E-state index contributed by atoms with van der Waals surface area (Å²) in [5, 5.41) is 2.62. The van der Waals surface area contributed by atoms with E-state index in [0.717, 1.165) is 9.13 Å². The third-order valence-electron chi connectivity index (χ3n) is 2.74. The lowest BCUT2D eigenvalue weighted by Crippen LogP contribution is -2.12. The van der Waals surface area contributed by atoms with Gasteiger partial charge in [0.25, 0.3) is 0 Å². The Morgan fingerprint density at radius 3 is 2.43 bits per heavy atom. The highest BCUT2D eigenvalue weighted by atomic mass is 127. The molecular formula is C16H14INO3. The van der Waals surface area contributed by atoms with E-state index in [-0.39, 0.29) is 12.5 Å². The van der Waals surface area contributed by atoms with Crippen molar-refractivity contribution in [2.24, 2.45) is 0 Å². The topological polar surface area (TPSA) is 55.4 Å². The number of esters is 1. The molecule has 0 fully saturated rings. The molecule has 0 aliphatic heterocycles. The van der Waals surface area contributed by atoms with Crippen LogP contribution in [-0.4, -0.2) is 11.9 Å². The number of hydrogen-bond donors (Lipinski definition) is 1. The molecular weight excluding hydrogens is 381 g/mol. The molecule has 4 nitrogen and oxygen atoms in total. The molecule has 2 aromatic carbocycles. The highest BCUT2D eigenvalue weighted by Gasteiger charge is 2.13. The van der Waals surface area contributed by atoms with Crippen LogP contribution in [0.1, 0.15) is 22.8 Å². The van der Waals surface area contributed by atoms with Gasteiger partial charge in [0.15, 0.2) is 0 Å². The molecule has 1 amide bonds. The van der Waals surface area contributed by atoms with Gasteiger partial charge >= 0.3 is 5.97 Å². The van der Waals surface area contributed by atoms with Crippen LogP contribution in [0.4, 0.5) is 5.69 Å². The Bertz CT molecular complexity index is 653. The maximum absolute atomic E-state index is 12.1. The quantitative estimate of drug-likeness (QED) is 0.636. The van der Waals surface area contributed by atoms with Crippen molar-refractivity contribution in [1.29, 1.82) is 0 Å². The van der Waals surface area contributed by atoms with Gasteiger partial charge in [-0.15, -0.1) is 0 Å². The molecule has 0 atom stereocenters. The largest absolute Gasteiger partial charge is 0.457 e. The molecule has 0 radical (unpaired) electrons. The number of halogens is 1. The summed E-state index contributed by atoms with van der Waals surface area (Å²) < 4.78 is 6.41. The number of amides is 1. The van der Waals surface area contributed by atoms with Crippen molar-refractivity contribution in [2.75, 3.05) is 5.32 Å². The summed E-state index contributed by atoms with van der Waals surface area (Å²) in [7, 11) is 0. The van der Waals surface area contributed by atoms with Crippen LogP contribution in [0.15, 0.2) is 48.5 Å². The van der Waals surface area contributed by atoms with Crippen molar-refractivity contribution < 1.29 is 14.3 Å². The maximum atomic E-state index is 12.1. The zero-order chi connectivity index (χ0) is 15.2. The van der Waals surface area contributed by atoms with E-state index in [4.69, 9.17) is 4.74 Å². The lowest BCUT2D eigenvalue weighted by atomic mass is 10.1. The summed E-state index contributed by atoms with van der Waals surface area (Å²) in [5.41, 5.74) is 1.72. The van der Waals surface area contributed by atoms with Crippen LogP contribution in [0.5, 0.6) is 0 Å². The third-order valence-corrected chi connectivity index (χ3v) is 3.46. The summed E-state index contributed by atoms with van der Waals surface area (Å²) in [6, 6.07) is 14.5. The second-order valence-electron chi connectivity index (χ2n) is 4.43.